The molecule has 16 heteroatoms. The van der Waals surface area contributed by atoms with E-state index in [1.165, 1.54) is 103 Å². The van der Waals surface area contributed by atoms with E-state index < -0.39 is 59.6 Å². The van der Waals surface area contributed by atoms with Crippen LogP contribution in [0.25, 0.3) is 0 Å². The van der Waals surface area contributed by atoms with Crippen molar-refractivity contribution in [1.82, 2.24) is 0 Å². The summed E-state index contributed by atoms with van der Waals surface area (Å²) >= 11 is 0. The summed E-state index contributed by atoms with van der Waals surface area (Å²) in [6.07, 6.45) is 35.1. The van der Waals surface area contributed by atoms with Gasteiger partial charge in [-0.3, -0.25) is 23.2 Å². The Labute approximate surface area is 375 Å². The van der Waals surface area contributed by atoms with Gasteiger partial charge >= 0.3 is 27.6 Å². The largest absolute Gasteiger partial charge is 0.472 e. The van der Waals surface area contributed by atoms with Gasteiger partial charge in [-0.15, -0.1) is 0 Å². The lowest BCUT2D eigenvalue weighted by Crippen LogP contribution is -2.30. The van der Waals surface area contributed by atoms with E-state index in [0.717, 1.165) is 70.1 Å². The normalized spacial score (nSPS) is 17.4. The Morgan fingerprint density at radius 1 is 0.597 bits per heavy atom. The molecule has 4 N–H and O–H groups in total. The summed E-state index contributed by atoms with van der Waals surface area (Å²) in [6, 6.07) is 0. The number of ether oxygens (including phenoxy) is 3. The third-order valence-electron chi connectivity index (χ3n) is 11.0. The summed E-state index contributed by atoms with van der Waals surface area (Å²) in [5, 5.41) is 9.77. The average molecular weight is 927 g/mol. The van der Waals surface area contributed by atoms with Crippen molar-refractivity contribution in [3.63, 3.8) is 0 Å². The van der Waals surface area contributed by atoms with Crippen LogP contribution in [0.2, 0.25) is 0 Å². The summed E-state index contributed by atoms with van der Waals surface area (Å²) in [7, 11) is -9.68. The summed E-state index contributed by atoms with van der Waals surface area (Å²) in [6.45, 7) is 4.09. The molecule has 1 fully saturated rings. The fourth-order valence-electron chi connectivity index (χ4n) is 7.19. The van der Waals surface area contributed by atoms with Crippen molar-refractivity contribution in [3.8, 4) is 0 Å². The fraction of sp³-hybridized carbons (Fsp3) is 0.913. The lowest BCUT2D eigenvalue weighted by atomic mass is 10.0. The van der Waals surface area contributed by atoms with E-state index >= 15 is 0 Å². The van der Waals surface area contributed by atoms with Crippen LogP contribution >= 0.6 is 15.6 Å². The predicted octanol–water partition coefficient (Wildman–Crippen LogP) is 11.7. The van der Waals surface area contributed by atoms with Crippen molar-refractivity contribution in [1.29, 1.82) is 0 Å². The molecule has 1 aliphatic rings. The van der Waals surface area contributed by atoms with Crippen LogP contribution in [0.3, 0.4) is 0 Å². The number of hydrogen-bond donors (Lipinski definition) is 4. The molecule has 0 aliphatic carbocycles. The van der Waals surface area contributed by atoms with Crippen molar-refractivity contribution in [2.75, 3.05) is 26.4 Å². The van der Waals surface area contributed by atoms with Crippen LogP contribution in [0.1, 0.15) is 213 Å². The molecule has 1 rings (SSSR count). The van der Waals surface area contributed by atoms with E-state index in [1.54, 1.807) is 0 Å². The third-order valence-corrected chi connectivity index (χ3v) is 12.4. The van der Waals surface area contributed by atoms with Gasteiger partial charge in [-0.05, 0) is 44.4 Å². The van der Waals surface area contributed by atoms with Crippen LogP contribution in [0.5, 0.6) is 0 Å². The number of epoxide rings is 1. The van der Waals surface area contributed by atoms with E-state index in [1.807, 2.05) is 0 Å². The minimum Gasteiger partial charge on any atom is -0.462 e. The van der Waals surface area contributed by atoms with Crippen LogP contribution in [-0.4, -0.2) is 82.6 Å². The van der Waals surface area contributed by atoms with Gasteiger partial charge in [0.15, 0.2) is 6.10 Å². The van der Waals surface area contributed by atoms with Gasteiger partial charge < -0.3 is 34.0 Å². The van der Waals surface area contributed by atoms with Crippen LogP contribution in [-0.2, 0) is 46.5 Å². The van der Waals surface area contributed by atoms with E-state index in [0.29, 0.717) is 25.0 Å². The zero-order valence-corrected chi connectivity index (χ0v) is 40.6. The molecule has 0 bridgehead atoms. The zero-order chi connectivity index (χ0) is 45.7. The Morgan fingerprint density at radius 3 is 1.65 bits per heavy atom. The molecule has 0 aromatic rings. The average Bonchev–Trinajstić information content (AvgIpc) is 3.97. The number of carbonyl (C=O) groups is 2. The van der Waals surface area contributed by atoms with E-state index in [2.05, 4.69) is 37.4 Å². The van der Waals surface area contributed by atoms with Gasteiger partial charge in [0, 0.05) is 12.8 Å². The summed E-state index contributed by atoms with van der Waals surface area (Å²) in [5.41, 5.74) is 0. The molecule has 1 aliphatic heterocycles. The quantitative estimate of drug-likeness (QED) is 0.0147. The highest BCUT2D eigenvalue weighted by atomic mass is 31.2. The van der Waals surface area contributed by atoms with Crippen molar-refractivity contribution in [2.45, 2.75) is 238 Å². The van der Waals surface area contributed by atoms with Crippen LogP contribution in [0.4, 0.5) is 0 Å². The number of carbonyl (C=O) groups excluding carboxylic acids is 2. The number of rotatable bonds is 45. The number of unbranched alkanes of at least 4 members (excludes halogenated alkanes) is 22. The highest BCUT2D eigenvalue weighted by Gasteiger charge is 2.36. The predicted molar refractivity (Wildman–Crippen MR) is 243 cm³/mol. The van der Waals surface area contributed by atoms with E-state index in [9.17, 15) is 28.7 Å². The third kappa shape index (κ3) is 39.2. The molecule has 0 aromatic heterocycles. The maximum Gasteiger partial charge on any atom is 0.472 e. The first-order chi connectivity index (χ1) is 29.7. The maximum atomic E-state index is 12.7. The number of aliphatic hydroxyl groups excluding tert-OH is 1. The second kappa shape index (κ2) is 38.0. The first-order valence-electron chi connectivity index (χ1n) is 24.4. The van der Waals surface area contributed by atoms with Gasteiger partial charge in [-0.25, -0.2) is 9.13 Å². The van der Waals surface area contributed by atoms with Gasteiger partial charge in [0.25, 0.3) is 0 Å². The summed E-state index contributed by atoms with van der Waals surface area (Å²) in [5.74, 6) is -0.218. The smallest absolute Gasteiger partial charge is 0.462 e. The second-order valence-corrected chi connectivity index (χ2v) is 20.3. The molecular formula is C46H88O14P2. The molecule has 366 valence electrons. The molecular weight excluding hydrogens is 838 g/mol. The highest BCUT2D eigenvalue weighted by molar-refractivity contribution is 7.47. The van der Waals surface area contributed by atoms with Gasteiger partial charge in [-0.1, -0.05) is 174 Å². The van der Waals surface area contributed by atoms with Crippen molar-refractivity contribution < 1.29 is 66.3 Å². The molecule has 0 radical (unpaired) electrons. The molecule has 14 nitrogen and oxygen atoms in total. The monoisotopic (exact) mass is 927 g/mol. The Balaban J connectivity index is 2.29. The van der Waals surface area contributed by atoms with Crippen molar-refractivity contribution in [2.24, 2.45) is 5.92 Å². The fourth-order valence-corrected chi connectivity index (χ4v) is 8.34. The topological polar surface area (TPSA) is 208 Å². The Morgan fingerprint density at radius 2 is 1.10 bits per heavy atom. The van der Waals surface area contributed by atoms with Gasteiger partial charge in [-0.2, -0.15) is 0 Å². The van der Waals surface area contributed by atoms with Crippen molar-refractivity contribution >= 4 is 27.6 Å². The maximum absolute atomic E-state index is 12.7. The standard InChI is InChI=1S/C46H88O14P2/c1-4-5-26-32-43-44(60-43)33-28-23-19-16-17-21-25-30-35-46(49)59-42(39-58-62(53,54)57-37-41(47)36-56-61(50,51)52)38-55-45(48)34-29-24-20-15-13-11-9-7-6-8-10-12-14-18-22-27-31-40(2)3/h23,28,40-44,47H,4-22,24-27,29-39H2,1-3H3,(H,53,54)(H2,50,51,52)/b28-23-/t41-,42+,43?,44?/m0/s1. The summed E-state index contributed by atoms with van der Waals surface area (Å²) < 4.78 is 53.7. The molecule has 1 saturated heterocycles. The molecule has 1 heterocycles. The van der Waals surface area contributed by atoms with Crippen LogP contribution in [0, 0.1) is 5.92 Å². The van der Waals surface area contributed by atoms with E-state index in [-0.39, 0.29) is 19.4 Å². The highest BCUT2D eigenvalue weighted by Crippen LogP contribution is 2.44. The second-order valence-electron chi connectivity index (χ2n) is 17.6. The number of hydrogen-bond acceptors (Lipinski definition) is 11. The molecule has 0 amide bonds. The number of allylic oxidation sites excluding steroid dienone is 1. The number of esters is 2. The van der Waals surface area contributed by atoms with Crippen LogP contribution < -0.4 is 0 Å². The lowest BCUT2D eigenvalue weighted by molar-refractivity contribution is -0.161. The molecule has 5 atom stereocenters. The number of aliphatic hydroxyl groups is 1. The minimum atomic E-state index is -4.87. The van der Waals surface area contributed by atoms with Crippen LogP contribution in [0.15, 0.2) is 12.2 Å². The Kier molecular flexibility index (Phi) is 36.0. The molecule has 62 heavy (non-hydrogen) atoms. The first-order valence-corrected chi connectivity index (χ1v) is 27.4. The molecule has 3 unspecified atom stereocenters. The van der Waals surface area contributed by atoms with Crippen molar-refractivity contribution in [3.05, 3.63) is 12.2 Å². The van der Waals surface area contributed by atoms with Gasteiger partial charge in [0.2, 0.25) is 0 Å². The Hall–Kier alpha value is -1.18. The minimum absolute atomic E-state index is 0.114. The molecule has 0 aromatic carbocycles. The SMILES string of the molecule is CCCCCC1OC1C/C=C\CCCCCCCC(=O)O[C@H](COC(=O)CCCCCCCCCCCCCCCCCCC(C)C)COP(=O)(O)OC[C@@H](O)COP(=O)(O)O. The lowest BCUT2D eigenvalue weighted by Gasteiger charge is -2.20. The summed E-state index contributed by atoms with van der Waals surface area (Å²) in [4.78, 5) is 52.9. The zero-order valence-electron chi connectivity index (χ0n) is 38.8. The van der Waals surface area contributed by atoms with Gasteiger partial charge in [0.1, 0.15) is 12.7 Å². The van der Waals surface area contributed by atoms with Gasteiger partial charge in [0.05, 0.1) is 32.0 Å². The Bertz CT molecular complexity index is 1230. The first kappa shape index (κ1) is 58.8. The molecule has 0 spiro atoms. The number of phosphoric ester groups is 2. The molecule has 0 saturated carbocycles. The number of phosphoric acid groups is 2. The van der Waals surface area contributed by atoms with E-state index in [4.69, 9.17) is 33.0 Å².